The number of hydrogen-bond donors (Lipinski definition) is 2. The van der Waals surface area contributed by atoms with E-state index >= 15 is 0 Å². The van der Waals surface area contributed by atoms with Crippen LogP contribution in [0.15, 0.2) is 18.2 Å². The number of rotatable bonds is 3. The number of nitrogens with one attached hydrogen (secondary N) is 1. The van der Waals surface area contributed by atoms with Gasteiger partial charge in [0.1, 0.15) is 5.75 Å². The zero-order chi connectivity index (χ0) is 12.3. The second-order valence-corrected chi connectivity index (χ2v) is 5.93. The van der Waals surface area contributed by atoms with Gasteiger partial charge in [-0.1, -0.05) is 11.6 Å². The molecule has 0 aromatic heterocycles. The maximum Gasteiger partial charge on any atom is 0.239 e. The van der Waals surface area contributed by atoms with Crippen molar-refractivity contribution >= 4 is 38.7 Å². The Balaban J connectivity index is 2.81. The van der Waals surface area contributed by atoms with Crippen LogP contribution in [0.2, 0.25) is 5.02 Å². The highest BCUT2D eigenvalue weighted by Crippen LogP contribution is 2.22. The van der Waals surface area contributed by atoms with Gasteiger partial charge in [-0.3, -0.25) is 4.79 Å². The Labute approximate surface area is 98.5 Å². The van der Waals surface area contributed by atoms with Crippen LogP contribution in [-0.2, 0) is 14.6 Å². The maximum absolute atomic E-state index is 11.3. The Morgan fingerprint density at radius 2 is 2.12 bits per heavy atom. The molecule has 1 amide bonds. The zero-order valence-electron chi connectivity index (χ0n) is 8.53. The lowest BCUT2D eigenvalue weighted by Gasteiger charge is -2.07. The van der Waals surface area contributed by atoms with Gasteiger partial charge in [-0.2, -0.15) is 0 Å². The van der Waals surface area contributed by atoms with Crippen LogP contribution >= 0.6 is 11.6 Å². The molecular formula is C9H11ClN2O3S. The Kier molecular flexibility index (Phi) is 3.77. The standard InChI is InChI=1S/C9H11ClN2O3S/c1-16(14,15)5-9(13)12-8-4-6(10)2-3-7(8)11/h2-4H,5,11H2,1H3,(H,12,13). The van der Waals surface area contributed by atoms with E-state index in [0.29, 0.717) is 16.4 Å². The molecule has 0 fully saturated rings. The number of benzene rings is 1. The van der Waals surface area contributed by atoms with Crippen molar-refractivity contribution in [2.45, 2.75) is 0 Å². The first-order valence-corrected chi connectivity index (χ1v) is 6.74. The Bertz CT molecular complexity index is 513. The molecule has 0 saturated heterocycles. The highest BCUT2D eigenvalue weighted by atomic mass is 35.5. The largest absolute Gasteiger partial charge is 0.397 e. The summed E-state index contributed by atoms with van der Waals surface area (Å²) in [7, 11) is -3.35. The minimum Gasteiger partial charge on any atom is -0.397 e. The predicted molar refractivity (Wildman–Crippen MR) is 64.2 cm³/mol. The van der Waals surface area contributed by atoms with Crippen molar-refractivity contribution in [2.24, 2.45) is 0 Å². The molecule has 0 aliphatic rings. The topological polar surface area (TPSA) is 89.3 Å². The first-order valence-electron chi connectivity index (χ1n) is 4.30. The first kappa shape index (κ1) is 12.8. The molecule has 1 aromatic carbocycles. The average molecular weight is 263 g/mol. The Morgan fingerprint density at radius 1 is 1.50 bits per heavy atom. The van der Waals surface area contributed by atoms with E-state index in [0.717, 1.165) is 6.26 Å². The fourth-order valence-electron chi connectivity index (χ4n) is 1.06. The van der Waals surface area contributed by atoms with E-state index in [-0.39, 0.29) is 0 Å². The van der Waals surface area contributed by atoms with Crippen molar-refractivity contribution in [2.75, 3.05) is 23.1 Å². The fraction of sp³-hybridized carbons (Fsp3) is 0.222. The molecule has 1 rings (SSSR count). The summed E-state index contributed by atoms with van der Waals surface area (Å²) in [5.74, 6) is -1.23. The van der Waals surface area contributed by atoms with E-state index in [1.54, 1.807) is 6.07 Å². The lowest BCUT2D eigenvalue weighted by atomic mass is 10.2. The molecule has 0 spiro atoms. The van der Waals surface area contributed by atoms with E-state index < -0.39 is 21.5 Å². The summed E-state index contributed by atoms with van der Waals surface area (Å²) < 4.78 is 21.7. The summed E-state index contributed by atoms with van der Waals surface area (Å²) in [6.07, 6.45) is 0.980. The molecular weight excluding hydrogens is 252 g/mol. The Morgan fingerprint density at radius 3 is 2.69 bits per heavy atom. The van der Waals surface area contributed by atoms with Gasteiger partial charge >= 0.3 is 0 Å². The number of amides is 1. The molecule has 0 aliphatic carbocycles. The molecule has 0 saturated carbocycles. The van der Waals surface area contributed by atoms with Crippen LogP contribution in [0.1, 0.15) is 0 Å². The Hall–Kier alpha value is -1.27. The molecule has 1 aromatic rings. The van der Waals surface area contributed by atoms with E-state index in [9.17, 15) is 13.2 Å². The lowest BCUT2D eigenvalue weighted by molar-refractivity contribution is -0.113. The zero-order valence-corrected chi connectivity index (χ0v) is 10.1. The summed E-state index contributed by atoms with van der Waals surface area (Å²) in [4.78, 5) is 11.3. The minimum atomic E-state index is -3.35. The third kappa shape index (κ3) is 4.08. The average Bonchev–Trinajstić information content (AvgIpc) is 2.08. The molecule has 16 heavy (non-hydrogen) atoms. The smallest absolute Gasteiger partial charge is 0.239 e. The molecule has 0 atom stereocenters. The fourth-order valence-corrected chi connectivity index (χ4v) is 1.78. The van der Waals surface area contributed by atoms with Crippen LogP contribution in [0.4, 0.5) is 11.4 Å². The van der Waals surface area contributed by atoms with Crippen molar-refractivity contribution in [3.63, 3.8) is 0 Å². The van der Waals surface area contributed by atoms with Crippen LogP contribution in [0, 0.1) is 0 Å². The molecule has 0 aliphatic heterocycles. The number of hydrogen-bond acceptors (Lipinski definition) is 4. The number of carbonyl (C=O) groups excluding carboxylic acids is 1. The molecule has 0 radical (unpaired) electrons. The van der Waals surface area contributed by atoms with Gasteiger partial charge in [0.2, 0.25) is 5.91 Å². The van der Waals surface area contributed by atoms with Gasteiger partial charge in [0, 0.05) is 11.3 Å². The summed E-state index contributed by atoms with van der Waals surface area (Å²) in [5.41, 5.74) is 6.21. The van der Waals surface area contributed by atoms with Crippen molar-refractivity contribution in [3.8, 4) is 0 Å². The summed E-state index contributed by atoms with van der Waals surface area (Å²) >= 11 is 5.71. The molecule has 0 unspecified atom stereocenters. The van der Waals surface area contributed by atoms with Crippen molar-refractivity contribution in [1.29, 1.82) is 0 Å². The minimum absolute atomic E-state index is 0.307. The van der Waals surface area contributed by atoms with E-state index in [1.165, 1.54) is 12.1 Å². The first-order chi connectivity index (χ1) is 7.28. The highest BCUT2D eigenvalue weighted by molar-refractivity contribution is 7.91. The van der Waals surface area contributed by atoms with Gasteiger partial charge in [0.05, 0.1) is 11.4 Å². The quantitative estimate of drug-likeness (QED) is 0.792. The highest BCUT2D eigenvalue weighted by Gasteiger charge is 2.12. The lowest BCUT2D eigenvalue weighted by Crippen LogP contribution is -2.22. The van der Waals surface area contributed by atoms with Crippen molar-refractivity contribution < 1.29 is 13.2 Å². The molecule has 88 valence electrons. The van der Waals surface area contributed by atoms with Gasteiger partial charge in [-0.15, -0.1) is 0 Å². The number of nitrogen functional groups attached to an aromatic ring is 1. The van der Waals surface area contributed by atoms with Crippen LogP contribution < -0.4 is 11.1 Å². The normalized spacial score (nSPS) is 11.1. The van der Waals surface area contributed by atoms with Gasteiger partial charge < -0.3 is 11.1 Å². The SMILES string of the molecule is CS(=O)(=O)CC(=O)Nc1cc(Cl)ccc1N. The predicted octanol–water partition coefficient (Wildman–Crippen LogP) is 0.905. The van der Waals surface area contributed by atoms with Crippen molar-refractivity contribution in [3.05, 3.63) is 23.2 Å². The third-order valence-corrected chi connectivity index (χ3v) is 2.70. The monoisotopic (exact) mass is 262 g/mol. The van der Waals surface area contributed by atoms with Gasteiger partial charge in [0.15, 0.2) is 9.84 Å². The van der Waals surface area contributed by atoms with Crippen LogP contribution in [0.25, 0.3) is 0 Å². The number of anilines is 2. The third-order valence-electron chi connectivity index (χ3n) is 1.68. The second-order valence-electron chi connectivity index (χ2n) is 3.35. The summed E-state index contributed by atoms with van der Waals surface area (Å²) in [6, 6.07) is 4.55. The number of carbonyl (C=O) groups is 1. The number of nitrogens with two attached hydrogens (primary N) is 1. The number of halogens is 1. The van der Waals surface area contributed by atoms with E-state index in [2.05, 4.69) is 5.32 Å². The molecule has 7 heteroatoms. The molecule has 3 N–H and O–H groups in total. The second kappa shape index (κ2) is 4.71. The van der Waals surface area contributed by atoms with Crippen LogP contribution in [0.3, 0.4) is 0 Å². The van der Waals surface area contributed by atoms with E-state index in [1.807, 2.05) is 0 Å². The van der Waals surface area contributed by atoms with Gasteiger partial charge in [-0.25, -0.2) is 8.42 Å². The summed E-state index contributed by atoms with van der Waals surface area (Å²) in [5, 5.41) is 2.79. The van der Waals surface area contributed by atoms with Crippen LogP contribution in [0.5, 0.6) is 0 Å². The molecule has 5 nitrogen and oxygen atoms in total. The van der Waals surface area contributed by atoms with Gasteiger partial charge in [0.25, 0.3) is 0 Å². The maximum atomic E-state index is 11.3. The van der Waals surface area contributed by atoms with Crippen molar-refractivity contribution in [1.82, 2.24) is 0 Å². The number of sulfone groups is 1. The molecule has 0 heterocycles. The van der Waals surface area contributed by atoms with Crippen LogP contribution in [-0.4, -0.2) is 26.3 Å². The van der Waals surface area contributed by atoms with E-state index in [4.69, 9.17) is 17.3 Å². The van der Waals surface area contributed by atoms with Gasteiger partial charge in [-0.05, 0) is 18.2 Å². The molecule has 0 bridgehead atoms. The summed E-state index contributed by atoms with van der Waals surface area (Å²) in [6.45, 7) is 0.